The van der Waals surface area contributed by atoms with Crippen molar-refractivity contribution in [3.8, 4) is 0 Å². The second-order valence-electron chi connectivity index (χ2n) is 4.67. The summed E-state index contributed by atoms with van der Waals surface area (Å²) in [6.45, 7) is 3.06. The molecule has 0 atom stereocenters. The zero-order valence-electron chi connectivity index (χ0n) is 11.0. The van der Waals surface area contributed by atoms with Gasteiger partial charge in [0.2, 0.25) is 0 Å². The number of hydrogen-bond donors (Lipinski definition) is 2. The fourth-order valence-corrected chi connectivity index (χ4v) is 2.24. The SMILES string of the molecule is O=C(Nc1cccc(CN2CCCC2)c1)OCCO. The van der Waals surface area contributed by atoms with Gasteiger partial charge in [0.15, 0.2) is 0 Å². The molecule has 1 fully saturated rings. The number of hydrogen-bond acceptors (Lipinski definition) is 4. The molecular weight excluding hydrogens is 244 g/mol. The topological polar surface area (TPSA) is 61.8 Å². The van der Waals surface area contributed by atoms with Gasteiger partial charge in [-0.2, -0.15) is 0 Å². The molecule has 0 saturated carbocycles. The van der Waals surface area contributed by atoms with E-state index in [0.717, 1.165) is 25.3 Å². The minimum Gasteiger partial charge on any atom is -0.447 e. The number of ether oxygens (including phenoxy) is 1. The van der Waals surface area contributed by atoms with Gasteiger partial charge in [0.1, 0.15) is 6.61 Å². The monoisotopic (exact) mass is 264 g/mol. The number of aliphatic hydroxyl groups is 1. The number of aliphatic hydroxyl groups excluding tert-OH is 1. The first-order chi connectivity index (χ1) is 9.28. The van der Waals surface area contributed by atoms with E-state index >= 15 is 0 Å². The molecule has 1 aromatic rings. The van der Waals surface area contributed by atoms with Crippen LogP contribution in [0.25, 0.3) is 0 Å². The lowest BCUT2D eigenvalue weighted by Gasteiger charge is -2.15. The van der Waals surface area contributed by atoms with Crippen molar-refractivity contribution in [2.75, 3.05) is 31.6 Å². The van der Waals surface area contributed by atoms with Crippen LogP contribution >= 0.6 is 0 Å². The molecule has 19 heavy (non-hydrogen) atoms. The van der Waals surface area contributed by atoms with E-state index in [0.29, 0.717) is 0 Å². The average molecular weight is 264 g/mol. The summed E-state index contributed by atoms with van der Waals surface area (Å²) in [6.07, 6.45) is 2.00. The fourth-order valence-electron chi connectivity index (χ4n) is 2.24. The zero-order valence-corrected chi connectivity index (χ0v) is 11.0. The molecule has 1 aliphatic rings. The number of likely N-dealkylation sites (tertiary alicyclic amines) is 1. The van der Waals surface area contributed by atoms with Crippen LogP contribution in [0.2, 0.25) is 0 Å². The van der Waals surface area contributed by atoms with E-state index in [2.05, 4.69) is 16.3 Å². The molecule has 1 aliphatic heterocycles. The Morgan fingerprint density at radius 1 is 1.37 bits per heavy atom. The lowest BCUT2D eigenvalue weighted by atomic mass is 10.2. The summed E-state index contributed by atoms with van der Waals surface area (Å²) in [6, 6.07) is 7.77. The van der Waals surface area contributed by atoms with E-state index in [4.69, 9.17) is 9.84 Å². The maximum atomic E-state index is 11.4. The number of rotatable bonds is 5. The quantitative estimate of drug-likeness (QED) is 0.851. The van der Waals surface area contributed by atoms with Gasteiger partial charge in [-0.3, -0.25) is 10.2 Å². The lowest BCUT2D eigenvalue weighted by Crippen LogP contribution is -2.19. The molecule has 0 radical (unpaired) electrons. The molecule has 5 heteroatoms. The normalized spacial score (nSPS) is 15.4. The maximum Gasteiger partial charge on any atom is 0.411 e. The Balaban J connectivity index is 1.88. The predicted octanol–water partition coefficient (Wildman–Crippen LogP) is 1.82. The number of nitrogens with one attached hydrogen (secondary N) is 1. The molecule has 1 amide bonds. The van der Waals surface area contributed by atoms with Crippen LogP contribution in [0.3, 0.4) is 0 Å². The van der Waals surface area contributed by atoms with Crippen LogP contribution in [0.15, 0.2) is 24.3 Å². The first-order valence-electron chi connectivity index (χ1n) is 6.64. The van der Waals surface area contributed by atoms with Gasteiger partial charge in [-0.05, 0) is 43.6 Å². The highest BCUT2D eigenvalue weighted by Crippen LogP contribution is 2.16. The van der Waals surface area contributed by atoms with Gasteiger partial charge in [-0.25, -0.2) is 4.79 Å². The summed E-state index contributed by atoms with van der Waals surface area (Å²) in [5, 5.41) is 11.2. The number of carbonyl (C=O) groups excluding carboxylic acids is 1. The van der Waals surface area contributed by atoms with Gasteiger partial charge in [0.05, 0.1) is 6.61 Å². The molecule has 2 N–H and O–H groups in total. The van der Waals surface area contributed by atoms with Crippen molar-refractivity contribution in [3.63, 3.8) is 0 Å². The summed E-state index contributed by atoms with van der Waals surface area (Å²) in [5.41, 5.74) is 1.90. The van der Waals surface area contributed by atoms with Gasteiger partial charge in [-0.1, -0.05) is 12.1 Å². The summed E-state index contributed by atoms with van der Waals surface area (Å²) < 4.78 is 4.76. The van der Waals surface area contributed by atoms with Crippen molar-refractivity contribution < 1.29 is 14.6 Å². The van der Waals surface area contributed by atoms with E-state index in [1.165, 1.54) is 18.4 Å². The Kier molecular flexibility index (Phi) is 5.18. The zero-order chi connectivity index (χ0) is 13.5. The number of nitrogens with zero attached hydrogens (tertiary/aromatic N) is 1. The van der Waals surface area contributed by atoms with Gasteiger partial charge in [-0.15, -0.1) is 0 Å². The van der Waals surface area contributed by atoms with Gasteiger partial charge in [0, 0.05) is 12.2 Å². The highest BCUT2D eigenvalue weighted by molar-refractivity contribution is 5.84. The number of benzene rings is 1. The van der Waals surface area contributed by atoms with Crippen molar-refractivity contribution in [1.82, 2.24) is 4.90 Å². The molecule has 1 saturated heterocycles. The lowest BCUT2D eigenvalue weighted by molar-refractivity contribution is 0.131. The second kappa shape index (κ2) is 7.11. The molecule has 104 valence electrons. The summed E-state index contributed by atoms with van der Waals surface area (Å²) in [5.74, 6) is 0. The van der Waals surface area contributed by atoms with Crippen molar-refractivity contribution in [3.05, 3.63) is 29.8 Å². The van der Waals surface area contributed by atoms with E-state index in [-0.39, 0.29) is 13.2 Å². The van der Waals surface area contributed by atoms with E-state index in [1.807, 2.05) is 18.2 Å². The third-order valence-corrected chi connectivity index (χ3v) is 3.10. The third-order valence-electron chi connectivity index (χ3n) is 3.10. The molecule has 0 aliphatic carbocycles. The molecule has 1 aromatic carbocycles. The standard InChI is InChI=1S/C14H20N2O3/c17-8-9-19-14(18)15-13-5-3-4-12(10-13)11-16-6-1-2-7-16/h3-5,10,17H,1-2,6-9,11H2,(H,15,18). The van der Waals surface area contributed by atoms with Crippen molar-refractivity contribution in [1.29, 1.82) is 0 Å². The van der Waals surface area contributed by atoms with Gasteiger partial charge >= 0.3 is 6.09 Å². The Bertz CT molecular complexity index is 417. The summed E-state index contributed by atoms with van der Waals surface area (Å²) in [7, 11) is 0. The molecule has 1 heterocycles. The van der Waals surface area contributed by atoms with E-state index in [9.17, 15) is 4.79 Å². The van der Waals surface area contributed by atoms with Crippen molar-refractivity contribution >= 4 is 11.8 Å². The second-order valence-corrected chi connectivity index (χ2v) is 4.67. The summed E-state index contributed by atoms with van der Waals surface area (Å²) >= 11 is 0. The van der Waals surface area contributed by atoms with E-state index < -0.39 is 6.09 Å². The highest BCUT2D eigenvalue weighted by atomic mass is 16.6. The Labute approximate surface area is 113 Å². The summed E-state index contributed by atoms with van der Waals surface area (Å²) in [4.78, 5) is 13.8. The minimum atomic E-state index is -0.535. The maximum absolute atomic E-state index is 11.4. The predicted molar refractivity (Wildman–Crippen MR) is 73.0 cm³/mol. The smallest absolute Gasteiger partial charge is 0.411 e. The Morgan fingerprint density at radius 3 is 2.89 bits per heavy atom. The molecule has 0 unspecified atom stereocenters. The van der Waals surface area contributed by atoms with Crippen LogP contribution in [0, 0.1) is 0 Å². The third kappa shape index (κ3) is 4.54. The number of amides is 1. The number of carbonyl (C=O) groups is 1. The van der Waals surface area contributed by atoms with Crippen LogP contribution in [-0.2, 0) is 11.3 Å². The first kappa shape index (κ1) is 13.8. The van der Waals surface area contributed by atoms with E-state index in [1.54, 1.807) is 0 Å². The van der Waals surface area contributed by atoms with Gasteiger partial charge in [0.25, 0.3) is 0 Å². The largest absolute Gasteiger partial charge is 0.447 e. The van der Waals surface area contributed by atoms with Crippen LogP contribution in [0.4, 0.5) is 10.5 Å². The van der Waals surface area contributed by atoms with Crippen LogP contribution in [0.1, 0.15) is 18.4 Å². The minimum absolute atomic E-state index is 0.0132. The van der Waals surface area contributed by atoms with Crippen LogP contribution in [-0.4, -0.2) is 42.4 Å². The fraction of sp³-hybridized carbons (Fsp3) is 0.500. The molecular formula is C14H20N2O3. The molecule has 5 nitrogen and oxygen atoms in total. The Morgan fingerprint density at radius 2 is 2.16 bits per heavy atom. The molecule has 0 bridgehead atoms. The molecule has 0 spiro atoms. The molecule has 2 rings (SSSR count). The number of anilines is 1. The van der Waals surface area contributed by atoms with Crippen LogP contribution < -0.4 is 5.32 Å². The highest BCUT2D eigenvalue weighted by Gasteiger charge is 2.12. The van der Waals surface area contributed by atoms with Gasteiger partial charge < -0.3 is 9.84 Å². The average Bonchev–Trinajstić information content (AvgIpc) is 2.89. The first-order valence-corrected chi connectivity index (χ1v) is 6.64. The van der Waals surface area contributed by atoms with Crippen LogP contribution in [0.5, 0.6) is 0 Å². The van der Waals surface area contributed by atoms with Crippen molar-refractivity contribution in [2.45, 2.75) is 19.4 Å². The Hall–Kier alpha value is -1.59. The van der Waals surface area contributed by atoms with Crippen molar-refractivity contribution in [2.24, 2.45) is 0 Å². The molecule has 0 aromatic heterocycles.